The Morgan fingerprint density at radius 2 is 1.62 bits per heavy atom. The predicted octanol–water partition coefficient (Wildman–Crippen LogP) is 5.38. The van der Waals surface area contributed by atoms with Gasteiger partial charge in [0.1, 0.15) is 6.61 Å². The normalized spacial score (nSPS) is 30.2. The van der Waals surface area contributed by atoms with Crippen LogP contribution >= 0.6 is 0 Å². The quantitative estimate of drug-likeness (QED) is 0.638. The molecule has 32 heavy (non-hydrogen) atoms. The molecule has 1 heterocycles. The minimum Gasteiger partial charge on any atom is -0.493 e. The maximum Gasteiger partial charge on any atom is 0.229 e. The molecule has 4 fully saturated rings. The lowest BCUT2D eigenvalue weighted by molar-refractivity contribution is -0.158. The van der Waals surface area contributed by atoms with Gasteiger partial charge in [0.15, 0.2) is 11.5 Å². The van der Waals surface area contributed by atoms with Gasteiger partial charge in [0, 0.05) is 13.1 Å². The van der Waals surface area contributed by atoms with E-state index in [9.17, 15) is 4.79 Å². The van der Waals surface area contributed by atoms with Crippen LogP contribution in [0.15, 0.2) is 42.5 Å². The van der Waals surface area contributed by atoms with Gasteiger partial charge < -0.3 is 14.4 Å². The Morgan fingerprint density at radius 1 is 0.969 bits per heavy atom. The molecular formula is C28H33NO3. The lowest BCUT2D eigenvalue weighted by Crippen LogP contribution is -2.55. The molecule has 1 aliphatic heterocycles. The summed E-state index contributed by atoms with van der Waals surface area (Å²) in [4.78, 5) is 16.0. The predicted molar refractivity (Wildman–Crippen MR) is 123 cm³/mol. The van der Waals surface area contributed by atoms with Crippen molar-refractivity contribution in [3.05, 3.63) is 59.2 Å². The average Bonchev–Trinajstić information content (AvgIpc) is 2.81. The molecule has 4 aliphatic carbocycles. The SMILES string of the molecule is COc1cc2c(cc1OCc1ccccc1)CCN(C(=O)C13CC4CC(CC(C4)C1)C3)C2. The molecule has 1 amide bonds. The van der Waals surface area contributed by atoms with E-state index in [1.807, 2.05) is 18.2 Å². The highest BCUT2D eigenvalue weighted by atomic mass is 16.5. The van der Waals surface area contributed by atoms with Gasteiger partial charge in [-0.15, -0.1) is 0 Å². The van der Waals surface area contributed by atoms with Crippen molar-refractivity contribution < 1.29 is 14.3 Å². The first kappa shape index (κ1) is 20.1. The highest BCUT2D eigenvalue weighted by molar-refractivity contribution is 5.83. The van der Waals surface area contributed by atoms with E-state index in [0.717, 1.165) is 67.0 Å². The highest BCUT2D eigenvalue weighted by Gasteiger charge is 2.55. The van der Waals surface area contributed by atoms with E-state index < -0.39 is 0 Å². The van der Waals surface area contributed by atoms with Crippen LogP contribution in [-0.4, -0.2) is 24.5 Å². The van der Waals surface area contributed by atoms with Crippen molar-refractivity contribution in [2.45, 2.75) is 58.1 Å². The monoisotopic (exact) mass is 431 g/mol. The van der Waals surface area contributed by atoms with Crippen LogP contribution in [0.2, 0.25) is 0 Å². The first-order chi connectivity index (χ1) is 15.6. The number of fused-ring (bicyclic) bond motifs is 1. The van der Waals surface area contributed by atoms with Crippen LogP contribution in [0.1, 0.15) is 55.2 Å². The largest absolute Gasteiger partial charge is 0.493 e. The second-order valence-electron chi connectivity index (χ2n) is 10.7. The molecule has 168 valence electrons. The van der Waals surface area contributed by atoms with E-state index in [-0.39, 0.29) is 5.41 Å². The average molecular weight is 432 g/mol. The summed E-state index contributed by atoms with van der Waals surface area (Å²) in [5.74, 6) is 4.37. The number of nitrogens with zero attached hydrogens (tertiary/aromatic N) is 1. The van der Waals surface area contributed by atoms with E-state index in [1.54, 1.807) is 7.11 Å². The van der Waals surface area contributed by atoms with Crippen LogP contribution < -0.4 is 9.47 Å². The molecule has 2 aromatic carbocycles. The summed E-state index contributed by atoms with van der Waals surface area (Å²) >= 11 is 0. The molecule has 0 unspecified atom stereocenters. The molecular weight excluding hydrogens is 398 g/mol. The second kappa shape index (κ2) is 7.83. The molecule has 0 N–H and O–H groups in total. The highest BCUT2D eigenvalue weighted by Crippen LogP contribution is 2.60. The summed E-state index contributed by atoms with van der Waals surface area (Å²) in [7, 11) is 1.69. The molecule has 7 rings (SSSR count). The van der Waals surface area contributed by atoms with Crippen LogP contribution in [0.5, 0.6) is 11.5 Å². The summed E-state index contributed by atoms with van der Waals surface area (Å²) < 4.78 is 11.8. The number of methoxy groups -OCH3 is 1. The smallest absolute Gasteiger partial charge is 0.229 e. The number of rotatable bonds is 5. The summed E-state index contributed by atoms with van der Waals surface area (Å²) in [5.41, 5.74) is 3.57. The molecule has 4 bridgehead atoms. The Hall–Kier alpha value is -2.49. The Labute approximate surface area is 190 Å². The molecule has 2 aromatic rings. The topological polar surface area (TPSA) is 38.8 Å². The third kappa shape index (κ3) is 3.48. The summed E-state index contributed by atoms with van der Waals surface area (Å²) in [6.45, 7) is 2.04. The third-order valence-electron chi connectivity index (χ3n) is 8.51. The van der Waals surface area contributed by atoms with Crippen LogP contribution in [-0.2, 0) is 24.4 Å². The Morgan fingerprint density at radius 3 is 2.28 bits per heavy atom. The minimum absolute atomic E-state index is 0.0604. The van der Waals surface area contributed by atoms with Crippen molar-refractivity contribution in [3.63, 3.8) is 0 Å². The lowest BCUT2D eigenvalue weighted by atomic mass is 9.49. The van der Waals surface area contributed by atoms with E-state index in [1.165, 1.54) is 30.4 Å². The van der Waals surface area contributed by atoms with E-state index in [2.05, 4.69) is 29.2 Å². The summed E-state index contributed by atoms with van der Waals surface area (Å²) in [5, 5.41) is 0. The molecule has 0 radical (unpaired) electrons. The molecule has 4 heteroatoms. The maximum absolute atomic E-state index is 13.8. The first-order valence-corrected chi connectivity index (χ1v) is 12.3. The zero-order valence-electron chi connectivity index (χ0n) is 19.0. The molecule has 0 spiro atoms. The minimum atomic E-state index is -0.0604. The van der Waals surface area contributed by atoms with Crippen molar-refractivity contribution >= 4 is 5.91 Å². The van der Waals surface area contributed by atoms with Gasteiger partial charge in [0.05, 0.1) is 12.5 Å². The van der Waals surface area contributed by atoms with Crippen LogP contribution in [0.3, 0.4) is 0 Å². The Bertz CT molecular complexity index is 980. The van der Waals surface area contributed by atoms with Gasteiger partial charge in [-0.05, 0) is 91.5 Å². The van der Waals surface area contributed by atoms with Crippen LogP contribution in [0, 0.1) is 23.2 Å². The van der Waals surface area contributed by atoms with Crippen molar-refractivity contribution in [3.8, 4) is 11.5 Å². The van der Waals surface area contributed by atoms with Gasteiger partial charge in [0.2, 0.25) is 5.91 Å². The van der Waals surface area contributed by atoms with E-state index in [4.69, 9.17) is 9.47 Å². The molecule has 0 atom stereocenters. The number of carbonyl (C=O) groups is 1. The Kier molecular flexibility index (Phi) is 4.93. The zero-order valence-corrected chi connectivity index (χ0v) is 19.0. The number of hydrogen-bond donors (Lipinski definition) is 0. The summed E-state index contributed by atoms with van der Waals surface area (Å²) in [6.07, 6.45) is 8.42. The maximum atomic E-state index is 13.8. The van der Waals surface area contributed by atoms with Gasteiger partial charge in [-0.25, -0.2) is 0 Å². The van der Waals surface area contributed by atoms with Gasteiger partial charge in [-0.3, -0.25) is 4.79 Å². The number of hydrogen-bond acceptors (Lipinski definition) is 3. The number of carbonyl (C=O) groups excluding carboxylic acids is 1. The lowest BCUT2D eigenvalue weighted by Gasteiger charge is -2.56. The second-order valence-corrected chi connectivity index (χ2v) is 10.7. The fourth-order valence-electron chi connectivity index (χ4n) is 7.45. The number of benzene rings is 2. The zero-order chi connectivity index (χ0) is 21.7. The third-order valence-corrected chi connectivity index (χ3v) is 8.51. The van der Waals surface area contributed by atoms with Gasteiger partial charge in [0.25, 0.3) is 0 Å². The van der Waals surface area contributed by atoms with Gasteiger partial charge >= 0.3 is 0 Å². The Balaban J connectivity index is 1.20. The van der Waals surface area contributed by atoms with Crippen LogP contribution in [0.25, 0.3) is 0 Å². The van der Waals surface area contributed by atoms with E-state index >= 15 is 0 Å². The van der Waals surface area contributed by atoms with Crippen molar-refractivity contribution in [1.29, 1.82) is 0 Å². The van der Waals surface area contributed by atoms with Gasteiger partial charge in [-0.2, -0.15) is 0 Å². The molecule has 0 saturated heterocycles. The molecule has 4 saturated carbocycles. The number of ether oxygens (including phenoxy) is 2. The van der Waals surface area contributed by atoms with Crippen molar-refractivity contribution in [2.75, 3.05) is 13.7 Å². The summed E-state index contributed by atoms with van der Waals surface area (Å²) in [6, 6.07) is 14.4. The molecule has 4 nitrogen and oxygen atoms in total. The van der Waals surface area contributed by atoms with Gasteiger partial charge in [-0.1, -0.05) is 30.3 Å². The molecule has 0 aromatic heterocycles. The fraction of sp³-hybridized carbons (Fsp3) is 0.536. The van der Waals surface area contributed by atoms with E-state index in [0.29, 0.717) is 19.1 Å². The van der Waals surface area contributed by atoms with Crippen molar-refractivity contribution in [1.82, 2.24) is 4.90 Å². The standard InChI is InChI=1S/C28H33NO3/c1-31-25-13-24-17-29(27(30)28-14-20-9-21(15-28)11-22(10-20)16-28)8-7-23(24)12-26(25)32-18-19-5-3-2-4-6-19/h2-6,12-13,20-22H,7-11,14-18H2,1H3. The number of amides is 1. The fourth-order valence-corrected chi connectivity index (χ4v) is 7.45. The van der Waals surface area contributed by atoms with Crippen LogP contribution in [0.4, 0.5) is 0 Å². The molecule has 5 aliphatic rings. The first-order valence-electron chi connectivity index (χ1n) is 12.3. The van der Waals surface area contributed by atoms with Crippen molar-refractivity contribution in [2.24, 2.45) is 23.2 Å².